The molecule has 0 fully saturated rings. The summed E-state index contributed by atoms with van der Waals surface area (Å²) in [7, 11) is 1.29. The van der Waals surface area contributed by atoms with Crippen LogP contribution in [0.5, 0.6) is 0 Å². The SMILES string of the molecule is COC(=O)c1cccc(Cn2nc(-c3cc(CO)ccc3F)ccc2=O)c1. The molecule has 0 radical (unpaired) electrons. The smallest absolute Gasteiger partial charge is 0.337 e. The molecule has 6 nitrogen and oxygen atoms in total. The third kappa shape index (κ3) is 4.09. The van der Waals surface area contributed by atoms with Gasteiger partial charge in [-0.3, -0.25) is 4.79 Å². The number of hydrogen-bond donors (Lipinski definition) is 1. The third-order valence-corrected chi connectivity index (χ3v) is 4.04. The van der Waals surface area contributed by atoms with Crippen LogP contribution in [0.2, 0.25) is 0 Å². The fraction of sp³-hybridized carbons (Fsp3) is 0.150. The molecule has 0 saturated heterocycles. The quantitative estimate of drug-likeness (QED) is 0.700. The van der Waals surface area contributed by atoms with E-state index in [0.717, 1.165) is 0 Å². The zero-order valence-corrected chi connectivity index (χ0v) is 14.6. The van der Waals surface area contributed by atoms with Gasteiger partial charge in [0.1, 0.15) is 5.82 Å². The topological polar surface area (TPSA) is 81.4 Å². The van der Waals surface area contributed by atoms with Gasteiger partial charge in [0.15, 0.2) is 0 Å². The van der Waals surface area contributed by atoms with Crippen molar-refractivity contribution in [3.63, 3.8) is 0 Å². The van der Waals surface area contributed by atoms with E-state index < -0.39 is 11.8 Å². The van der Waals surface area contributed by atoms with Crippen molar-refractivity contribution in [2.75, 3.05) is 7.11 Å². The van der Waals surface area contributed by atoms with Gasteiger partial charge in [-0.2, -0.15) is 5.10 Å². The van der Waals surface area contributed by atoms with E-state index in [0.29, 0.717) is 16.7 Å². The molecule has 0 saturated carbocycles. The molecular formula is C20H17FN2O4. The first-order valence-electron chi connectivity index (χ1n) is 8.17. The fourth-order valence-electron chi connectivity index (χ4n) is 2.66. The van der Waals surface area contributed by atoms with Crippen molar-refractivity contribution in [1.82, 2.24) is 9.78 Å². The standard InChI is InChI=1S/C20H17FN2O4/c1-27-20(26)15-4-2-3-13(9-15)11-23-19(25)8-7-18(22-23)16-10-14(12-24)5-6-17(16)21/h2-10,24H,11-12H2,1H3. The first-order valence-corrected chi connectivity index (χ1v) is 8.17. The minimum atomic E-state index is -0.502. The molecule has 0 aliphatic rings. The van der Waals surface area contributed by atoms with E-state index in [4.69, 9.17) is 4.74 Å². The summed E-state index contributed by atoms with van der Waals surface area (Å²) in [5.74, 6) is -0.980. The van der Waals surface area contributed by atoms with Crippen molar-refractivity contribution in [3.8, 4) is 11.3 Å². The predicted octanol–water partition coefficient (Wildman–Crippen LogP) is 2.38. The van der Waals surface area contributed by atoms with Crippen LogP contribution in [-0.2, 0) is 17.9 Å². The number of halogens is 1. The highest BCUT2D eigenvalue weighted by Gasteiger charge is 2.11. The molecule has 3 rings (SSSR count). The van der Waals surface area contributed by atoms with Crippen LogP contribution in [0.4, 0.5) is 4.39 Å². The Bertz CT molecular complexity index is 1050. The Balaban J connectivity index is 1.98. The molecule has 0 aliphatic carbocycles. The van der Waals surface area contributed by atoms with Crippen molar-refractivity contribution in [1.29, 1.82) is 0 Å². The molecule has 0 bridgehead atoms. The van der Waals surface area contributed by atoms with Gasteiger partial charge in [-0.05, 0) is 41.5 Å². The number of methoxy groups -OCH3 is 1. The Kier molecular flexibility index (Phi) is 5.42. The Labute approximate surface area is 154 Å². The number of aromatic nitrogens is 2. The Morgan fingerprint density at radius 1 is 1.15 bits per heavy atom. The van der Waals surface area contributed by atoms with Crippen LogP contribution in [0.25, 0.3) is 11.3 Å². The summed E-state index contributed by atoms with van der Waals surface area (Å²) in [4.78, 5) is 23.8. The Hall–Kier alpha value is -3.32. The highest BCUT2D eigenvalue weighted by molar-refractivity contribution is 5.89. The number of aliphatic hydroxyl groups is 1. The summed E-state index contributed by atoms with van der Waals surface area (Å²) in [6.07, 6.45) is 0. The first-order chi connectivity index (χ1) is 13.0. The minimum absolute atomic E-state index is 0.110. The normalized spacial score (nSPS) is 10.6. The van der Waals surface area contributed by atoms with E-state index in [1.807, 2.05) is 0 Å². The molecule has 0 amide bonds. The van der Waals surface area contributed by atoms with Gasteiger partial charge in [0, 0.05) is 11.6 Å². The van der Waals surface area contributed by atoms with Crippen molar-refractivity contribution >= 4 is 5.97 Å². The van der Waals surface area contributed by atoms with Gasteiger partial charge in [-0.25, -0.2) is 13.9 Å². The molecule has 0 spiro atoms. The lowest BCUT2D eigenvalue weighted by molar-refractivity contribution is 0.0600. The Morgan fingerprint density at radius 2 is 1.96 bits per heavy atom. The maximum atomic E-state index is 14.2. The van der Waals surface area contributed by atoms with Crippen molar-refractivity contribution in [2.24, 2.45) is 0 Å². The zero-order valence-electron chi connectivity index (χ0n) is 14.6. The van der Waals surface area contributed by atoms with E-state index in [9.17, 15) is 19.1 Å². The van der Waals surface area contributed by atoms with Crippen LogP contribution in [0.1, 0.15) is 21.5 Å². The van der Waals surface area contributed by atoms with Crippen LogP contribution in [0, 0.1) is 5.82 Å². The van der Waals surface area contributed by atoms with Crippen LogP contribution in [-0.4, -0.2) is 28.0 Å². The summed E-state index contributed by atoms with van der Waals surface area (Å²) < 4.78 is 20.1. The number of ether oxygens (including phenoxy) is 1. The number of benzene rings is 2. The summed E-state index contributed by atoms with van der Waals surface area (Å²) in [5, 5.41) is 13.5. The maximum Gasteiger partial charge on any atom is 0.337 e. The largest absolute Gasteiger partial charge is 0.465 e. The lowest BCUT2D eigenvalue weighted by Crippen LogP contribution is -2.23. The van der Waals surface area contributed by atoms with Crippen LogP contribution in [0.15, 0.2) is 59.4 Å². The molecule has 0 unspecified atom stereocenters. The number of carbonyl (C=O) groups excluding carboxylic acids is 1. The molecule has 27 heavy (non-hydrogen) atoms. The minimum Gasteiger partial charge on any atom is -0.465 e. The number of carbonyl (C=O) groups is 1. The summed E-state index contributed by atoms with van der Waals surface area (Å²) >= 11 is 0. The number of nitrogens with zero attached hydrogens (tertiary/aromatic N) is 2. The lowest BCUT2D eigenvalue weighted by Gasteiger charge is -2.10. The lowest BCUT2D eigenvalue weighted by atomic mass is 10.1. The molecule has 2 aromatic carbocycles. The average Bonchev–Trinajstić information content (AvgIpc) is 2.69. The van der Waals surface area contributed by atoms with Gasteiger partial charge in [0.25, 0.3) is 5.56 Å². The highest BCUT2D eigenvalue weighted by atomic mass is 19.1. The van der Waals surface area contributed by atoms with E-state index in [-0.39, 0.29) is 30.0 Å². The van der Waals surface area contributed by atoms with Gasteiger partial charge in [-0.1, -0.05) is 18.2 Å². The monoisotopic (exact) mass is 368 g/mol. The summed E-state index contributed by atoms with van der Waals surface area (Å²) in [6.45, 7) is -0.119. The van der Waals surface area contributed by atoms with Gasteiger partial charge < -0.3 is 9.84 Å². The molecule has 3 aromatic rings. The zero-order chi connectivity index (χ0) is 19.4. The molecule has 138 valence electrons. The second kappa shape index (κ2) is 7.92. The molecule has 0 aliphatic heterocycles. The van der Waals surface area contributed by atoms with Gasteiger partial charge in [0.2, 0.25) is 0 Å². The molecule has 1 aromatic heterocycles. The van der Waals surface area contributed by atoms with Crippen LogP contribution in [0.3, 0.4) is 0 Å². The van der Waals surface area contributed by atoms with E-state index in [1.165, 1.54) is 42.1 Å². The molecule has 7 heteroatoms. The molecular weight excluding hydrogens is 351 g/mol. The van der Waals surface area contributed by atoms with Gasteiger partial charge in [0.05, 0.1) is 31.5 Å². The fourth-order valence-corrected chi connectivity index (χ4v) is 2.66. The van der Waals surface area contributed by atoms with Crippen LogP contribution >= 0.6 is 0 Å². The van der Waals surface area contributed by atoms with Crippen molar-refractivity contribution in [3.05, 3.63) is 87.5 Å². The van der Waals surface area contributed by atoms with E-state index in [1.54, 1.807) is 24.3 Å². The molecule has 1 N–H and O–H groups in total. The number of esters is 1. The van der Waals surface area contributed by atoms with Gasteiger partial charge >= 0.3 is 5.97 Å². The van der Waals surface area contributed by atoms with Crippen LogP contribution < -0.4 is 5.56 Å². The summed E-state index contributed by atoms with van der Waals surface area (Å²) in [5.41, 5.74) is 1.68. The average molecular weight is 368 g/mol. The number of aliphatic hydroxyl groups excluding tert-OH is 1. The highest BCUT2D eigenvalue weighted by Crippen LogP contribution is 2.21. The number of rotatable bonds is 5. The van der Waals surface area contributed by atoms with Crippen molar-refractivity contribution in [2.45, 2.75) is 13.2 Å². The predicted molar refractivity (Wildman–Crippen MR) is 96.7 cm³/mol. The second-order valence-electron chi connectivity index (χ2n) is 5.88. The number of hydrogen-bond acceptors (Lipinski definition) is 5. The van der Waals surface area contributed by atoms with Gasteiger partial charge in [-0.15, -0.1) is 0 Å². The first kappa shape index (κ1) is 18.5. The van der Waals surface area contributed by atoms with E-state index >= 15 is 0 Å². The van der Waals surface area contributed by atoms with E-state index in [2.05, 4.69) is 5.10 Å². The molecule has 0 atom stereocenters. The Morgan fingerprint density at radius 3 is 2.70 bits per heavy atom. The molecule has 1 heterocycles. The van der Waals surface area contributed by atoms with Crippen molar-refractivity contribution < 1.29 is 19.0 Å². The summed E-state index contributed by atoms with van der Waals surface area (Å²) in [6, 6.07) is 13.6. The maximum absolute atomic E-state index is 14.2. The third-order valence-electron chi connectivity index (χ3n) is 4.04. The second-order valence-corrected chi connectivity index (χ2v) is 5.88.